The van der Waals surface area contributed by atoms with Gasteiger partial charge in [0.1, 0.15) is 0 Å². The highest BCUT2D eigenvalue weighted by Gasteiger charge is 2.26. The molecule has 1 heteroatoms. The summed E-state index contributed by atoms with van der Waals surface area (Å²) in [6, 6.07) is 0. The second-order valence-electron chi connectivity index (χ2n) is 5.54. The minimum Gasteiger partial charge on any atom is -0.389 e. The van der Waals surface area contributed by atoms with Crippen molar-refractivity contribution in [2.75, 3.05) is 0 Å². The van der Waals surface area contributed by atoms with Crippen molar-refractivity contribution < 1.29 is 5.11 Å². The maximum absolute atomic E-state index is 10.0. The predicted octanol–water partition coefficient (Wildman–Crippen LogP) is 4.09. The summed E-state index contributed by atoms with van der Waals surface area (Å²) in [7, 11) is 0. The summed E-state index contributed by atoms with van der Waals surface area (Å²) in [5.41, 5.74) is 2.74. The second kappa shape index (κ2) is 6.24. The SMILES string of the molecule is CC(C)=CCC[C@@H](C)[C@@H]1CCC(C)=C[C@H]1O. The molecule has 16 heavy (non-hydrogen) atoms. The van der Waals surface area contributed by atoms with Gasteiger partial charge in [-0.3, -0.25) is 0 Å². The van der Waals surface area contributed by atoms with Crippen molar-refractivity contribution in [3.05, 3.63) is 23.3 Å². The summed E-state index contributed by atoms with van der Waals surface area (Å²) in [5, 5.41) is 10.0. The topological polar surface area (TPSA) is 20.2 Å². The van der Waals surface area contributed by atoms with Gasteiger partial charge in [-0.15, -0.1) is 0 Å². The number of aliphatic hydroxyl groups is 1. The quantitative estimate of drug-likeness (QED) is 0.710. The fourth-order valence-corrected chi connectivity index (χ4v) is 2.53. The Hall–Kier alpha value is -0.560. The number of aliphatic hydroxyl groups excluding tert-OH is 1. The van der Waals surface area contributed by atoms with E-state index in [-0.39, 0.29) is 6.10 Å². The Kier molecular flexibility index (Phi) is 5.27. The molecule has 0 aromatic heterocycles. The van der Waals surface area contributed by atoms with E-state index in [9.17, 15) is 5.11 Å². The first kappa shape index (κ1) is 13.5. The first-order valence-corrected chi connectivity index (χ1v) is 6.49. The monoisotopic (exact) mass is 222 g/mol. The minimum atomic E-state index is -0.213. The van der Waals surface area contributed by atoms with E-state index < -0.39 is 0 Å². The Morgan fingerprint density at radius 2 is 2.25 bits per heavy atom. The van der Waals surface area contributed by atoms with Crippen molar-refractivity contribution in [2.45, 2.75) is 59.5 Å². The van der Waals surface area contributed by atoms with Gasteiger partial charge in [0.25, 0.3) is 0 Å². The van der Waals surface area contributed by atoms with E-state index >= 15 is 0 Å². The van der Waals surface area contributed by atoms with E-state index in [1.54, 1.807) is 0 Å². The van der Waals surface area contributed by atoms with Crippen LogP contribution < -0.4 is 0 Å². The summed E-state index contributed by atoms with van der Waals surface area (Å²) < 4.78 is 0. The zero-order valence-corrected chi connectivity index (χ0v) is 11.2. The van der Waals surface area contributed by atoms with Crippen LogP contribution in [0.2, 0.25) is 0 Å². The Balaban J connectivity index is 2.42. The van der Waals surface area contributed by atoms with Gasteiger partial charge in [-0.2, -0.15) is 0 Å². The van der Waals surface area contributed by atoms with E-state index in [0.29, 0.717) is 11.8 Å². The molecule has 0 unspecified atom stereocenters. The number of hydrogen-bond acceptors (Lipinski definition) is 1. The minimum absolute atomic E-state index is 0.213. The molecule has 0 spiro atoms. The molecule has 0 radical (unpaired) electrons. The Labute approximate surface area is 100 Å². The molecular weight excluding hydrogens is 196 g/mol. The molecule has 1 nitrogen and oxygen atoms in total. The summed E-state index contributed by atoms with van der Waals surface area (Å²) in [6.45, 7) is 8.69. The van der Waals surface area contributed by atoms with E-state index in [4.69, 9.17) is 0 Å². The van der Waals surface area contributed by atoms with Crippen LogP contribution in [0.3, 0.4) is 0 Å². The van der Waals surface area contributed by atoms with Gasteiger partial charge in [-0.05, 0) is 58.3 Å². The maximum Gasteiger partial charge on any atom is 0.0754 e. The zero-order valence-electron chi connectivity index (χ0n) is 11.2. The summed E-state index contributed by atoms with van der Waals surface area (Å²) in [4.78, 5) is 0. The van der Waals surface area contributed by atoms with Crippen LogP contribution >= 0.6 is 0 Å². The van der Waals surface area contributed by atoms with Gasteiger partial charge in [0.05, 0.1) is 6.10 Å². The maximum atomic E-state index is 10.0. The lowest BCUT2D eigenvalue weighted by atomic mass is 9.78. The highest BCUT2D eigenvalue weighted by molar-refractivity contribution is 5.08. The molecule has 0 bridgehead atoms. The molecular formula is C15H26O. The normalized spacial score (nSPS) is 27.2. The highest BCUT2D eigenvalue weighted by atomic mass is 16.3. The number of hydrogen-bond donors (Lipinski definition) is 1. The van der Waals surface area contributed by atoms with Gasteiger partial charge >= 0.3 is 0 Å². The largest absolute Gasteiger partial charge is 0.389 e. The summed E-state index contributed by atoms with van der Waals surface area (Å²) >= 11 is 0. The third-order valence-corrected chi connectivity index (χ3v) is 3.67. The van der Waals surface area contributed by atoms with Crippen molar-refractivity contribution in [3.63, 3.8) is 0 Å². The summed E-state index contributed by atoms with van der Waals surface area (Å²) in [6.07, 6.45) is 8.79. The third kappa shape index (κ3) is 4.13. The van der Waals surface area contributed by atoms with Crippen molar-refractivity contribution in [1.82, 2.24) is 0 Å². The fraction of sp³-hybridized carbons (Fsp3) is 0.733. The molecule has 0 fully saturated rings. The van der Waals surface area contributed by atoms with Crippen molar-refractivity contribution >= 4 is 0 Å². The number of allylic oxidation sites excluding steroid dienone is 3. The second-order valence-corrected chi connectivity index (χ2v) is 5.54. The molecule has 3 atom stereocenters. The first-order chi connectivity index (χ1) is 7.50. The van der Waals surface area contributed by atoms with Gasteiger partial charge in [-0.1, -0.05) is 30.2 Å². The molecule has 0 aliphatic heterocycles. The average Bonchev–Trinajstić information content (AvgIpc) is 2.16. The van der Waals surface area contributed by atoms with Crippen LogP contribution in [0.15, 0.2) is 23.3 Å². The molecule has 0 aromatic rings. The first-order valence-electron chi connectivity index (χ1n) is 6.49. The lowest BCUT2D eigenvalue weighted by Crippen LogP contribution is -2.28. The van der Waals surface area contributed by atoms with E-state index in [1.807, 2.05) is 6.08 Å². The van der Waals surface area contributed by atoms with Gasteiger partial charge in [0.15, 0.2) is 0 Å². The fourth-order valence-electron chi connectivity index (χ4n) is 2.53. The van der Waals surface area contributed by atoms with Gasteiger partial charge < -0.3 is 5.11 Å². The van der Waals surface area contributed by atoms with E-state index in [1.165, 1.54) is 17.6 Å². The van der Waals surface area contributed by atoms with Crippen molar-refractivity contribution in [3.8, 4) is 0 Å². The molecule has 1 rings (SSSR count). The van der Waals surface area contributed by atoms with Crippen LogP contribution in [0.4, 0.5) is 0 Å². The summed E-state index contributed by atoms with van der Waals surface area (Å²) in [5.74, 6) is 1.09. The molecule has 1 N–H and O–H groups in total. The van der Waals surface area contributed by atoms with E-state index in [0.717, 1.165) is 19.3 Å². The van der Waals surface area contributed by atoms with E-state index in [2.05, 4.69) is 33.8 Å². The van der Waals surface area contributed by atoms with Crippen molar-refractivity contribution in [2.24, 2.45) is 11.8 Å². The highest BCUT2D eigenvalue weighted by Crippen LogP contribution is 2.31. The molecule has 92 valence electrons. The predicted molar refractivity (Wildman–Crippen MR) is 70.3 cm³/mol. The van der Waals surface area contributed by atoms with Crippen LogP contribution in [0.25, 0.3) is 0 Å². The molecule has 1 aliphatic rings. The standard InChI is InChI=1S/C15H26O/c1-11(2)6-5-7-13(4)14-9-8-12(3)10-15(14)16/h6,10,13-16H,5,7-9H2,1-4H3/t13-,14+,15-/m1/s1. The lowest BCUT2D eigenvalue weighted by Gasteiger charge is -2.30. The molecule has 0 heterocycles. The van der Waals surface area contributed by atoms with Crippen LogP contribution in [0.5, 0.6) is 0 Å². The van der Waals surface area contributed by atoms with Crippen LogP contribution in [0.1, 0.15) is 53.4 Å². The Morgan fingerprint density at radius 1 is 1.56 bits per heavy atom. The zero-order chi connectivity index (χ0) is 12.1. The Bertz CT molecular complexity index is 271. The van der Waals surface area contributed by atoms with Crippen LogP contribution in [-0.4, -0.2) is 11.2 Å². The van der Waals surface area contributed by atoms with Gasteiger partial charge in [-0.25, -0.2) is 0 Å². The molecule has 0 saturated heterocycles. The smallest absolute Gasteiger partial charge is 0.0754 e. The Morgan fingerprint density at radius 3 is 2.81 bits per heavy atom. The van der Waals surface area contributed by atoms with Gasteiger partial charge in [0.2, 0.25) is 0 Å². The van der Waals surface area contributed by atoms with Crippen LogP contribution in [-0.2, 0) is 0 Å². The van der Waals surface area contributed by atoms with Crippen LogP contribution in [0, 0.1) is 11.8 Å². The molecule has 0 saturated carbocycles. The lowest BCUT2D eigenvalue weighted by molar-refractivity contribution is 0.0993. The molecule has 0 aromatic carbocycles. The third-order valence-electron chi connectivity index (χ3n) is 3.67. The molecule has 0 amide bonds. The average molecular weight is 222 g/mol. The van der Waals surface area contributed by atoms with Gasteiger partial charge in [0, 0.05) is 0 Å². The van der Waals surface area contributed by atoms with Crippen molar-refractivity contribution in [1.29, 1.82) is 0 Å². The molecule has 1 aliphatic carbocycles. The number of rotatable bonds is 4.